The summed E-state index contributed by atoms with van der Waals surface area (Å²) in [6.45, 7) is 4.41. The van der Waals surface area contributed by atoms with Crippen molar-refractivity contribution in [3.63, 3.8) is 0 Å². The van der Waals surface area contributed by atoms with Gasteiger partial charge in [0.05, 0.1) is 5.69 Å². The van der Waals surface area contributed by atoms with Crippen molar-refractivity contribution < 1.29 is 0 Å². The molecule has 0 spiro atoms. The van der Waals surface area contributed by atoms with Crippen LogP contribution in [0.25, 0.3) is 11.1 Å². The van der Waals surface area contributed by atoms with E-state index >= 15 is 0 Å². The number of aromatic nitrogens is 3. The number of fused-ring (bicyclic) bond motifs is 1. The minimum absolute atomic E-state index is 0.579. The first-order valence-corrected chi connectivity index (χ1v) is 8.13. The Kier molecular flexibility index (Phi) is 3.37. The number of nitrogens with zero attached hydrogens (tertiary/aromatic N) is 3. The van der Waals surface area contributed by atoms with Gasteiger partial charge in [0.1, 0.15) is 5.82 Å². The number of nitrogens with one attached hydrogen (secondary N) is 2. The summed E-state index contributed by atoms with van der Waals surface area (Å²) in [5, 5.41) is 11.5. The number of rotatable bonds is 3. The summed E-state index contributed by atoms with van der Waals surface area (Å²) in [6.07, 6.45) is 6.53. The fourth-order valence-electron chi connectivity index (χ4n) is 4.01. The largest absolute Gasteiger partial charge is 0.367 e. The molecule has 1 saturated carbocycles. The summed E-state index contributed by atoms with van der Waals surface area (Å²) in [5.41, 5.74) is 3.33. The monoisotopic (exact) mass is 297 g/mol. The maximum absolute atomic E-state index is 4.60. The van der Waals surface area contributed by atoms with E-state index in [-0.39, 0.29) is 0 Å². The van der Waals surface area contributed by atoms with Crippen LogP contribution in [0.1, 0.15) is 18.5 Å². The molecule has 2 aromatic rings. The number of anilines is 1. The predicted molar refractivity (Wildman–Crippen MR) is 87.7 cm³/mol. The molecule has 2 fully saturated rings. The lowest BCUT2D eigenvalue weighted by Crippen LogP contribution is -2.20. The quantitative estimate of drug-likeness (QED) is 0.912. The highest BCUT2D eigenvalue weighted by atomic mass is 15.2. The number of pyridine rings is 1. The molecule has 3 heterocycles. The molecule has 1 aliphatic heterocycles. The van der Waals surface area contributed by atoms with E-state index in [2.05, 4.69) is 32.8 Å². The SMILES string of the molecule is Cc1nn(C)cc1-c1ccc(NC2CC3CNCC3C2)nc1. The van der Waals surface area contributed by atoms with Gasteiger partial charge in [-0.2, -0.15) is 5.10 Å². The Morgan fingerprint density at radius 1 is 1.23 bits per heavy atom. The maximum atomic E-state index is 4.60. The van der Waals surface area contributed by atoms with Crippen LogP contribution in [0.3, 0.4) is 0 Å². The van der Waals surface area contributed by atoms with Crippen LogP contribution in [-0.2, 0) is 7.05 Å². The average Bonchev–Trinajstić information content (AvgIpc) is 3.15. The molecule has 2 aromatic heterocycles. The smallest absolute Gasteiger partial charge is 0.126 e. The van der Waals surface area contributed by atoms with Crippen molar-refractivity contribution in [1.82, 2.24) is 20.1 Å². The van der Waals surface area contributed by atoms with Gasteiger partial charge < -0.3 is 10.6 Å². The van der Waals surface area contributed by atoms with E-state index in [4.69, 9.17) is 0 Å². The lowest BCUT2D eigenvalue weighted by Gasteiger charge is -2.14. The van der Waals surface area contributed by atoms with Crippen LogP contribution in [0, 0.1) is 18.8 Å². The second-order valence-corrected chi connectivity index (χ2v) is 6.73. The Labute approximate surface area is 131 Å². The molecule has 1 aliphatic carbocycles. The zero-order chi connectivity index (χ0) is 15.1. The number of hydrogen-bond donors (Lipinski definition) is 2. The Morgan fingerprint density at radius 3 is 2.59 bits per heavy atom. The summed E-state index contributed by atoms with van der Waals surface area (Å²) >= 11 is 0. The Bertz CT molecular complexity index is 648. The molecular formula is C17H23N5. The molecule has 116 valence electrons. The lowest BCUT2D eigenvalue weighted by atomic mass is 10.0. The van der Waals surface area contributed by atoms with Crippen LogP contribution in [0.15, 0.2) is 24.5 Å². The van der Waals surface area contributed by atoms with Crippen LogP contribution in [0.5, 0.6) is 0 Å². The van der Waals surface area contributed by atoms with Crippen molar-refractivity contribution in [3.8, 4) is 11.1 Å². The van der Waals surface area contributed by atoms with Gasteiger partial charge in [0.25, 0.3) is 0 Å². The van der Waals surface area contributed by atoms with Crippen molar-refractivity contribution >= 4 is 5.82 Å². The van der Waals surface area contributed by atoms with Crippen molar-refractivity contribution in [2.75, 3.05) is 18.4 Å². The van der Waals surface area contributed by atoms with E-state index in [0.717, 1.165) is 34.5 Å². The normalized spacial score (nSPS) is 27.1. The molecule has 22 heavy (non-hydrogen) atoms. The second kappa shape index (κ2) is 5.39. The van der Waals surface area contributed by atoms with Crippen LogP contribution < -0.4 is 10.6 Å². The van der Waals surface area contributed by atoms with Gasteiger partial charge >= 0.3 is 0 Å². The summed E-state index contributed by atoms with van der Waals surface area (Å²) in [6, 6.07) is 4.81. The Morgan fingerprint density at radius 2 is 2.00 bits per heavy atom. The van der Waals surface area contributed by atoms with Gasteiger partial charge in [0, 0.05) is 36.6 Å². The first kappa shape index (κ1) is 13.8. The molecule has 4 rings (SSSR count). The van der Waals surface area contributed by atoms with Gasteiger partial charge in [-0.15, -0.1) is 0 Å². The van der Waals surface area contributed by atoms with Crippen molar-refractivity contribution in [3.05, 3.63) is 30.2 Å². The lowest BCUT2D eigenvalue weighted by molar-refractivity contribution is 0.494. The third-order valence-corrected chi connectivity index (χ3v) is 5.09. The molecule has 0 amide bonds. The summed E-state index contributed by atoms with van der Waals surface area (Å²) < 4.78 is 1.85. The topological polar surface area (TPSA) is 54.8 Å². The number of hydrogen-bond acceptors (Lipinski definition) is 4. The fraction of sp³-hybridized carbons (Fsp3) is 0.529. The van der Waals surface area contributed by atoms with E-state index in [9.17, 15) is 0 Å². The van der Waals surface area contributed by atoms with Gasteiger partial charge in [-0.1, -0.05) is 0 Å². The van der Waals surface area contributed by atoms with Crippen LogP contribution in [0.4, 0.5) is 5.82 Å². The molecule has 2 unspecified atom stereocenters. The highest BCUT2D eigenvalue weighted by Gasteiger charge is 2.37. The maximum Gasteiger partial charge on any atom is 0.126 e. The highest BCUT2D eigenvalue weighted by Crippen LogP contribution is 2.35. The van der Waals surface area contributed by atoms with Gasteiger partial charge in [0.2, 0.25) is 0 Å². The van der Waals surface area contributed by atoms with Gasteiger partial charge in [-0.05, 0) is 56.8 Å². The Hall–Kier alpha value is -1.88. The highest BCUT2D eigenvalue weighted by molar-refractivity contribution is 5.65. The zero-order valence-electron chi connectivity index (χ0n) is 13.2. The first-order chi connectivity index (χ1) is 10.7. The fourth-order valence-corrected chi connectivity index (χ4v) is 4.01. The average molecular weight is 297 g/mol. The van der Waals surface area contributed by atoms with E-state index < -0.39 is 0 Å². The van der Waals surface area contributed by atoms with Crippen molar-refractivity contribution in [2.45, 2.75) is 25.8 Å². The molecular weight excluding hydrogens is 274 g/mol. The molecule has 1 saturated heterocycles. The van der Waals surface area contributed by atoms with E-state index in [0.29, 0.717) is 6.04 Å². The molecule has 2 aliphatic rings. The molecule has 0 aromatic carbocycles. The standard InChI is InChI=1S/C17H23N5/c1-11-16(10-22(2)21-11)12-3-4-17(19-9-12)20-15-5-13-7-18-8-14(13)6-15/h3-4,9-10,13-15,18H,5-8H2,1-2H3,(H,19,20). The van der Waals surface area contributed by atoms with Crippen molar-refractivity contribution in [2.24, 2.45) is 18.9 Å². The third-order valence-electron chi connectivity index (χ3n) is 5.09. The van der Waals surface area contributed by atoms with Gasteiger partial charge in [-0.3, -0.25) is 4.68 Å². The van der Waals surface area contributed by atoms with E-state index in [1.54, 1.807) is 0 Å². The molecule has 5 heteroatoms. The first-order valence-electron chi connectivity index (χ1n) is 8.13. The van der Waals surface area contributed by atoms with E-state index in [1.165, 1.54) is 25.9 Å². The predicted octanol–water partition coefficient (Wildman–Crippen LogP) is 2.20. The molecule has 2 N–H and O–H groups in total. The second-order valence-electron chi connectivity index (χ2n) is 6.73. The molecule has 5 nitrogen and oxygen atoms in total. The molecule has 2 atom stereocenters. The van der Waals surface area contributed by atoms with Crippen LogP contribution >= 0.6 is 0 Å². The number of aryl methyl sites for hydroxylation is 2. The van der Waals surface area contributed by atoms with Gasteiger partial charge in [0.15, 0.2) is 0 Å². The summed E-state index contributed by atoms with van der Waals surface area (Å²) in [5.74, 6) is 2.70. The summed E-state index contributed by atoms with van der Waals surface area (Å²) in [4.78, 5) is 4.60. The zero-order valence-corrected chi connectivity index (χ0v) is 13.2. The minimum Gasteiger partial charge on any atom is -0.367 e. The summed E-state index contributed by atoms with van der Waals surface area (Å²) in [7, 11) is 1.95. The minimum atomic E-state index is 0.579. The van der Waals surface area contributed by atoms with Crippen molar-refractivity contribution in [1.29, 1.82) is 0 Å². The molecule has 0 radical (unpaired) electrons. The third kappa shape index (κ3) is 2.50. The van der Waals surface area contributed by atoms with Gasteiger partial charge in [-0.25, -0.2) is 4.98 Å². The van der Waals surface area contributed by atoms with Crippen LogP contribution in [-0.4, -0.2) is 33.9 Å². The Balaban J connectivity index is 1.45. The van der Waals surface area contributed by atoms with E-state index in [1.807, 2.05) is 31.0 Å². The van der Waals surface area contributed by atoms with Crippen LogP contribution in [0.2, 0.25) is 0 Å². The molecule has 0 bridgehead atoms.